The third-order valence-corrected chi connectivity index (χ3v) is 6.96. The van der Waals surface area contributed by atoms with Crippen LogP contribution in [0, 0.1) is 5.92 Å². The normalized spacial score (nSPS) is 14.9. The van der Waals surface area contributed by atoms with Gasteiger partial charge in [0.15, 0.2) is 0 Å². The van der Waals surface area contributed by atoms with Crippen LogP contribution < -0.4 is 21.7 Å². The van der Waals surface area contributed by atoms with E-state index in [4.69, 9.17) is 5.73 Å². The Balaban J connectivity index is 2.22. The zero-order valence-corrected chi connectivity index (χ0v) is 22.8. The molecule has 11 nitrogen and oxygen atoms in total. The number of imidazole rings is 1. The van der Waals surface area contributed by atoms with E-state index in [1.54, 1.807) is 0 Å². The van der Waals surface area contributed by atoms with Crippen molar-refractivity contribution in [2.45, 2.75) is 63.7 Å². The van der Waals surface area contributed by atoms with E-state index in [-0.39, 0.29) is 18.8 Å². The number of H-pyrrole nitrogens is 1. The summed E-state index contributed by atoms with van der Waals surface area (Å²) in [5.74, 6) is -2.33. The van der Waals surface area contributed by atoms with Crippen LogP contribution >= 0.6 is 11.8 Å². The number of amides is 3. The molecule has 7 N–H and O–H groups in total. The molecule has 12 heteroatoms. The fourth-order valence-corrected chi connectivity index (χ4v) is 4.18. The lowest BCUT2D eigenvalue weighted by Crippen LogP contribution is -2.58. The van der Waals surface area contributed by atoms with Crippen LogP contribution in [0.2, 0.25) is 0 Å². The van der Waals surface area contributed by atoms with Crippen molar-refractivity contribution < 1.29 is 24.3 Å². The van der Waals surface area contributed by atoms with Gasteiger partial charge in [0.25, 0.3) is 0 Å². The number of thioether (sulfide) groups is 1. The van der Waals surface area contributed by atoms with Crippen LogP contribution in [0.3, 0.4) is 0 Å². The van der Waals surface area contributed by atoms with E-state index in [9.17, 15) is 24.3 Å². The molecule has 1 aromatic carbocycles. The molecule has 0 aliphatic heterocycles. The fraction of sp³-hybridized carbons (Fsp3) is 0.500. The van der Waals surface area contributed by atoms with Crippen molar-refractivity contribution in [3.63, 3.8) is 0 Å². The average Bonchev–Trinajstić information content (AvgIpc) is 3.42. The standard InChI is InChI=1S/C26H38N6O5S/c1-4-16(2)22(27)25(35)30-19(10-11-38-3)23(33)31-20(12-17-8-6-5-7-9-17)24(34)32-21(26(36)37)13-18-14-28-15-29-18/h5-9,14-16,19-22H,4,10-13,27H2,1-3H3,(H,28,29)(H,30,35)(H,31,33)(H,32,34)(H,36,37). The monoisotopic (exact) mass is 546 g/mol. The Bertz CT molecular complexity index is 1040. The predicted octanol–water partition coefficient (Wildman–Crippen LogP) is 0.860. The van der Waals surface area contributed by atoms with Crippen LogP contribution in [0.4, 0.5) is 0 Å². The van der Waals surface area contributed by atoms with Gasteiger partial charge in [-0.25, -0.2) is 9.78 Å². The van der Waals surface area contributed by atoms with Crippen molar-refractivity contribution >= 4 is 35.5 Å². The van der Waals surface area contributed by atoms with Gasteiger partial charge in [-0.2, -0.15) is 11.8 Å². The molecule has 3 amide bonds. The van der Waals surface area contributed by atoms with Crippen LogP contribution in [0.1, 0.15) is 37.9 Å². The molecule has 0 radical (unpaired) electrons. The van der Waals surface area contributed by atoms with Gasteiger partial charge >= 0.3 is 5.97 Å². The molecule has 1 heterocycles. The van der Waals surface area contributed by atoms with Gasteiger partial charge in [-0.1, -0.05) is 50.6 Å². The summed E-state index contributed by atoms with van der Waals surface area (Å²) in [6, 6.07) is 5.07. The number of carbonyl (C=O) groups is 4. The van der Waals surface area contributed by atoms with Crippen molar-refractivity contribution in [2.24, 2.45) is 11.7 Å². The van der Waals surface area contributed by atoms with Gasteiger partial charge in [0.05, 0.1) is 12.4 Å². The summed E-state index contributed by atoms with van der Waals surface area (Å²) in [5.41, 5.74) is 7.38. The predicted molar refractivity (Wildman–Crippen MR) is 146 cm³/mol. The first-order valence-corrected chi connectivity index (χ1v) is 13.9. The number of aromatic nitrogens is 2. The SMILES string of the molecule is CCC(C)C(N)C(=O)NC(CCSC)C(=O)NC(Cc1ccccc1)C(=O)NC(Cc1cnc[nH]1)C(=O)O. The number of nitrogens with one attached hydrogen (secondary N) is 4. The van der Waals surface area contributed by atoms with Crippen molar-refractivity contribution in [3.8, 4) is 0 Å². The summed E-state index contributed by atoms with van der Waals surface area (Å²) in [6.45, 7) is 3.79. The van der Waals surface area contributed by atoms with Gasteiger partial charge in [-0.3, -0.25) is 14.4 Å². The van der Waals surface area contributed by atoms with Crippen molar-refractivity contribution in [3.05, 3.63) is 54.1 Å². The van der Waals surface area contributed by atoms with Crippen LogP contribution in [-0.4, -0.2) is 74.9 Å². The highest BCUT2D eigenvalue weighted by Crippen LogP contribution is 2.10. The second-order valence-electron chi connectivity index (χ2n) is 9.19. The van der Waals surface area contributed by atoms with Gasteiger partial charge in [-0.05, 0) is 29.9 Å². The minimum Gasteiger partial charge on any atom is -0.480 e. The molecule has 2 aromatic rings. The molecule has 0 bridgehead atoms. The minimum atomic E-state index is -1.24. The Morgan fingerprint density at radius 1 is 1.00 bits per heavy atom. The smallest absolute Gasteiger partial charge is 0.326 e. The summed E-state index contributed by atoms with van der Waals surface area (Å²) in [5, 5.41) is 17.7. The number of nitrogens with two attached hydrogens (primary N) is 1. The first-order chi connectivity index (χ1) is 18.2. The van der Waals surface area contributed by atoms with E-state index < -0.39 is 47.9 Å². The molecule has 208 valence electrons. The van der Waals surface area contributed by atoms with Gasteiger partial charge in [0.1, 0.15) is 18.1 Å². The summed E-state index contributed by atoms with van der Waals surface area (Å²) in [6.07, 6.45) is 5.96. The van der Waals surface area contributed by atoms with Crippen LogP contribution in [0.5, 0.6) is 0 Å². The highest BCUT2D eigenvalue weighted by atomic mass is 32.2. The van der Waals surface area contributed by atoms with E-state index in [1.807, 2.05) is 50.4 Å². The Kier molecular flexibility index (Phi) is 12.8. The molecule has 0 spiro atoms. The second kappa shape index (κ2) is 15.8. The third kappa shape index (κ3) is 9.82. The number of carbonyl (C=O) groups excluding carboxylic acids is 3. The number of hydrogen-bond acceptors (Lipinski definition) is 7. The number of benzene rings is 1. The molecule has 5 unspecified atom stereocenters. The van der Waals surface area contributed by atoms with Crippen molar-refractivity contribution in [2.75, 3.05) is 12.0 Å². The molecule has 2 rings (SSSR count). The highest BCUT2D eigenvalue weighted by Gasteiger charge is 2.31. The van der Waals surface area contributed by atoms with Gasteiger partial charge in [0.2, 0.25) is 17.7 Å². The molecule has 1 aromatic heterocycles. The third-order valence-electron chi connectivity index (χ3n) is 6.31. The van der Waals surface area contributed by atoms with Gasteiger partial charge < -0.3 is 31.8 Å². The summed E-state index contributed by atoms with van der Waals surface area (Å²) >= 11 is 1.52. The number of nitrogens with zero attached hydrogens (tertiary/aromatic N) is 1. The van der Waals surface area contributed by atoms with E-state index in [1.165, 1.54) is 24.3 Å². The van der Waals surface area contributed by atoms with E-state index in [2.05, 4.69) is 25.9 Å². The molecular weight excluding hydrogens is 508 g/mol. The number of aromatic amines is 1. The van der Waals surface area contributed by atoms with E-state index >= 15 is 0 Å². The number of aliphatic carboxylic acids is 1. The van der Waals surface area contributed by atoms with Gasteiger partial charge in [0, 0.05) is 24.7 Å². The van der Waals surface area contributed by atoms with E-state index in [0.717, 1.165) is 5.56 Å². The van der Waals surface area contributed by atoms with Crippen LogP contribution in [0.15, 0.2) is 42.9 Å². The Labute approximate surface area is 227 Å². The second-order valence-corrected chi connectivity index (χ2v) is 10.2. The van der Waals surface area contributed by atoms with E-state index in [0.29, 0.717) is 24.3 Å². The van der Waals surface area contributed by atoms with Gasteiger partial charge in [-0.15, -0.1) is 0 Å². The number of rotatable bonds is 16. The maximum absolute atomic E-state index is 13.3. The topological polar surface area (TPSA) is 179 Å². The maximum atomic E-state index is 13.3. The number of carboxylic acid groups (broad SMARTS) is 1. The average molecular weight is 547 g/mol. The zero-order chi connectivity index (χ0) is 28.1. The number of hydrogen-bond donors (Lipinski definition) is 6. The Morgan fingerprint density at radius 3 is 2.21 bits per heavy atom. The molecule has 0 aliphatic carbocycles. The zero-order valence-electron chi connectivity index (χ0n) is 22.0. The summed E-state index contributed by atoms with van der Waals surface area (Å²) < 4.78 is 0. The molecule has 0 aliphatic rings. The summed E-state index contributed by atoms with van der Waals surface area (Å²) in [7, 11) is 0. The minimum absolute atomic E-state index is 0.00696. The summed E-state index contributed by atoms with van der Waals surface area (Å²) in [4.78, 5) is 57.9. The molecule has 0 fully saturated rings. The molecule has 5 atom stereocenters. The molecule has 38 heavy (non-hydrogen) atoms. The Hall–Kier alpha value is -3.38. The molecular formula is C26H38N6O5S. The fourth-order valence-electron chi connectivity index (χ4n) is 3.70. The lowest BCUT2D eigenvalue weighted by molar-refractivity contribution is -0.142. The lowest BCUT2D eigenvalue weighted by Gasteiger charge is -2.26. The lowest BCUT2D eigenvalue weighted by atomic mass is 9.99. The van der Waals surface area contributed by atoms with Crippen molar-refractivity contribution in [1.29, 1.82) is 0 Å². The number of carboxylic acids is 1. The van der Waals surface area contributed by atoms with Crippen LogP contribution in [0.25, 0.3) is 0 Å². The molecule has 0 saturated heterocycles. The van der Waals surface area contributed by atoms with Crippen molar-refractivity contribution in [1.82, 2.24) is 25.9 Å². The quantitative estimate of drug-likeness (QED) is 0.179. The first-order valence-electron chi connectivity index (χ1n) is 12.6. The maximum Gasteiger partial charge on any atom is 0.326 e. The largest absolute Gasteiger partial charge is 0.480 e. The first kappa shape index (κ1) is 30.8. The van der Waals surface area contributed by atoms with Crippen LogP contribution in [-0.2, 0) is 32.0 Å². The Morgan fingerprint density at radius 2 is 1.63 bits per heavy atom. The highest BCUT2D eigenvalue weighted by molar-refractivity contribution is 7.98. The molecule has 0 saturated carbocycles.